The first kappa shape index (κ1) is 14.8. The van der Waals surface area contributed by atoms with E-state index in [1.807, 2.05) is 6.92 Å². The van der Waals surface area contributed by atoms with E-state index in [4.69, 9.17) is 0 Å². The number of hydrogen-bond acceptors (Lipinski definition) is 5. The molecular formula is C13H16N2O4S. The molecule has 1 heterocycles. The predicted molar refractivity (Wildman–Crippen MR) is 76.0 cm³/mol. The van der Waals surface area contributed by atoms with Gasteiger partial charge in [-0.2, -0.15) is 0 Å². The van der Waals surface area contributed by atoms with Crippen LogP contribution in [0.5, 0.6) is 0 Å². The van der Waals surface area contributed by atoms with Crippen LogP contribution in [-0.4, -0.2) is 45.8 Å². The number of carbonyl (C=O) groups is 1. The molecule has 0 radical (unpaired) electrons. The fourth-order valence-electron chi connectivity index (χ4n) is 2.42. The molecule has 1 fully saturated rings. The van der Waals surface area contributed by atoms with Crippen LogP contribution in [0.2, 0.25) is 0 Å². The lowest BCUT2D eigenvalue weighted by molar-refractivity contribution is -0.387. The van der Waals surface area contributed by atoms with Crippen molar-refractivity contribution in [3.8, 4) is 0 Å². The summed E-state index contributed by atoms with van der Waals surface area (Å²) < 4.78 is 0. The molecule has 108 valence electrons. The Morgan fingerprint density at radius 2 is 2.25 bits per heavy atom. The third-order valence-electron chi connectivity index (χ3n) is 3.44. The largest absolute Gasteiger partial charge is 0.391 e. The van der Waals surface area contributed by atoms with Crippen molar-refractivity contribution in [1.82, 2.24) is 4.90 Å². The van der Waals surface area contributed by atoms with Gasteiger partial charge >= 0.3 is 0 Å². The average Bonchev–Trinajstić information content (AvgIpc) is 2.76. The summed E-state index contributed by atoms with van der Waals surface area (Å²) in [6.45, 7) is 2.14. The summed E-state index contributed by atoms with van der Waals surface area (Å²) in [4.78, 5) is 25.0. The zero-order valence-corrected chi connectivity index (χ0v) is 12.1. The minimum Gasteiger partial charge on any atom is -0.391 e. The number of aliphatic hydroxyl groups excluding tert-OH is 1. The highest BCUT2D eigenvalue weighted by Gasteiger charge is 2.32. The monoisotopic (exact) mass is 296 g/mol. The maximum Gasteiger partial charge on any atom is 0.283 e. The summed E-state index contributed by atoms with van der Waals surface area (Å²) in [6, 6.07) is 4.44. The first-order valence-electron chi connectivity index (χ1n) is 6.25. The normalized spacial score (nSPS) is 22.1. The van der Waals surface area contributed by atoms with Crippen molar-refractivity contribution in [3.05, 3.63) is 33.9 Å². The number of thioether (sulfide) groups is 1. The van der Waals surface area contributed by atoms with Crippen LogP contribution in [0.25, 0.3) is 0 Å². The molecular weight excluding hydrogens is 280 g/mol. The van der Waals surface area contributed by atoms with Crippen molar-refractivity contribution in [2.75, 3.05) is 12.8 Å². The number of aliphatic hydroxyl groups is 1. The van der Waals surface area contributed by atoms with Crippen molar-refractivity contribution in [1.29, 1.82) is 0 Å². The number of nitro benzene ring substituents is 1. The highest BCUT2D eigenvalue weighted by molar-refractivity contribution is 7.98. The van der Waals surface area contributed by atoms with Gasteiger partial charge in [0.2, 0.25) is 0 Å². The SMILES string of the molecule is CSc1ccc(C(=O)N2C[C@@H](O)C[C@@H]2C)cc1[N+](=O)[O-]. The van der Waals surface area contributed by atoms with Crippen molar-refractivity contribution in [2.24, 2.45) is 0 Å². The summed E-state index contributed by atoms with van der Waals surface area (Å²) in [7, 11) is 0. The molecule has 1 aromatic carbocycles. The number of rotatable bonds is 3. The molecule has 1 aromatic rings. The average molecular weight is 296 g/mol. The molecule has 0 spiro atoms. The van der Waals surface area contributed by atoms with Gasteiger partial charge in [0, 0.05) is 24.2 Å². The van der Waals surface area contributed by atoms with Gasteiger partial charge in [0.05, 0.1) is 15.9 Å². The Hall–Kier alpha value is -1.60. The standard InChI is InChI=1S/C13H16N2O4S/c1-8-5-10(16)7-14(8)13(17)9-3-4-12(20-2)11(6-9)15(18)19/h3-4,6,8,10,16H,5,7H2,1-2H3/t8-,10-/m0/s1. The second-order valence-electron chi connectivity index (χ2n) is 4.84. The van der Waals surface area contributed by atoms with Crippen LogP contribution >= 0.6 is 11.8 Å². The lowest BCUT2D eigenvalue weighted by Crippen LogP contribution is -2.34. The van der Waals surface area contributed by atoms with Crippen LogP contribution in [0, 0.1) is 10.1 Å². The fraction of sp³-hybridized carbons (Fsp3) is 0.462. The molecule has 1 aliphatic rings. The third kappa shape index (κ3) is 2.78. The lowest BCUT2D eigenvalue weighted by Gasteiger charge is -2.21. The van der Waals surface area contributed by atoms with Crippen molar-refractivity contribution in [2.45, 2.75) is 30.4 Å². The molecule has 7 heteroatoms. The van der Waals surface area contributed by atoms with E-state index in [9.17, 15) is 20.0 Å². The van der Waals surface area contributed by atoms with Gasteiger partial charge in [0.1, 0.15) is 0 Å². The third-order valence-corrected chi connectivity index (χ3v) is 4.22. The maximum absolute atomic E-state index is 12.4. The Bertz CT molecular complexity index is 549. The van der Waals surface area contributed by atoms with E-state index in [0.29, 0.717) is 11.3 Å². The Morgan fingerprint density at radius 1 is 1.55 bits per heavy atom. The van der Waals surface area contributed by atoms with E-state index < -0.39 is 11.0 Å². The van der Waals surface area contributed by atoms with E-state index in [-0.39, 0.29) is 29.7 Å². The van der Waals surface area contributed by atoms with E-state index in [1.165, 1.54) is 17.8 Å². The summed E-state index contributed by atoms with van der Waals surface area (Å²) in [5.41, 5.74) is 0.228. The Kier molecular flexibility index (Phi) is 4.29. The van der Waals surface area contributed by atoms with E-state index in [1.54, 1.807) is 23.3 Å². The highest BCUT2D eigenvalue weighted by Crippen LogP contribution is 2.29. The number of β-amino-alcohol motifs (C(OH)–C–C–N with tert-alkyl or cyclic N) is 1. The van der Waals surface area contributed by atoms with Crippen LogP contribution in [-0.2, 0) is 0 Å². The van der Waals surface area contributed by atoms with Crippen LogP contribution in [0.1, 0.15) is 23.7 Å². The van der Waals surface area contributed by atoms with E-state index in [2.05, 4.69) is 0 Å². The van der Waals surface area contributed by atoms with Crippen molar-refractivity contribution < 1.29 is 14.8 Å². The number of nitro groups is 1. The zero-order valence-electron chi connectivity index (χ0n) is 11.3. The van der Waals surface area contributed by atoms with E-state index >= 15 is 0 Å². The molecule has 0 saturated carbocycles. The first-order chi connectivity index (χ1) is 9.43. The van der Waals surface area contributed by atoms with Crippen LogP contribution in [0.3, 0.4) is 0 Å². The first-order valence-corrected chi connectivity index (χ1v) is 7.48. The summed E-state index contributed by atoms with van der Waals surface area (Å²) in [6.07, 6.45) is 1.77. The van der Waals surface area contributed by atoms with Gasteiger partial charge in [-0.05, 0) is 31.7 Å². The van der Waals surface area contributed by atoms with Crippen LogP contribution in [0.15, 0.2) is 23.1 Å². The number of amides is 1. The summed E-state index contributed by atoms with van der Waals surface area (Å²) >= 11 is 1.27. The molecule has 0 aromatic heterocycles. The number of benzene rings is 1. The quantitative estimate of drug-likeness (QED) is 0.523. The molecule has 1 saturated heterocycles. The predicted octanol–water partition coefficient (Wildman–Crippen LogP) is 1.91. The van der Waals surface area contributed by atoms with E-state index in [0.717, 1.165) is 0 Å². The van der Waals surface area contributed by atoms with Gasteiger partial charge in [-0.15, -0.1) is 11.8 Å². The molecule has 0 aliphatic carbocycles. The summed E-state index contributed by atoms with van der Waals surface area (Å²) in [5.74, 6) is -0.273. The van der Waals surface area contributed by atoms with Gasteiger partial charge in [0.15, 0.2) is 0 Å². The van der Waals surface area contributed by atoms with Crippen molar-refractivity contribution >= 4 is 23.4 Å². The molecule has 0 bridgehead atoms. The van der Waals surface area contributed by atoms with Crippen molar-refractivity contribution in [3.63, 3.8) is 0 Å². The van der Waals surface area contributed by atoms with Crippen LogP contribution < -0.4 is 0 Å². The zero-order chi connectivity index (χ0) is 14.9. The molecule has 20 heavy (non-hydrogen) atoms. The molecule has 6 nitrogen and oxygen atoms in total. The molecule has 1 amide bonds. The smallest absolute Gasteiger partial charge is 0.283 e. The van der Waals surface area contributed by atoms with Gasteiger partial charge in [0.25, 0.3) is 11.6 Å². The Labute approximate surface area is 120 Å². The topological polar surface area (TPSA) is 83.7 Å². The number of hydrogen-bond donors (Lipinski definition) is 1. The fourth-order valence-corrected chi connectivity index (χ4v) is 2.96. The van der Waals surface area contributed by atoms with Gasteiger partial charge < -0.3 is 10.0 Å². The lowest BCUT2D eigenvalue weighted by atomic mass is 10.1. The maximum atomic E-state index is 12.4. The number of carbonyl (C=O) groups excluding carboxylic acids is 1. The van der Waals surface area contributed by atoms with Gasteiger partial charge in [-0.25, -0.2) is 0 Å². The minimum absolute atomic E-state index is 0.0585. The molecule has 0 unspecified atom stereocenters. The van der Waals surface area contributed by atoms with Gasteiger partial charge in [-0.1, -0.05) is 0 Å². The second-order valence-corrected chi connectivity index (χ2v) is 5.69. The second kappa shape index (κ2) is 5.80. The minimum atomic E-state index is -0.519. The molecule has 2 rings (SSSR count). The Morgan fingerprint density at radius 3 is 2.75 bits per heavy atom. The Balaban J connectivity index is 2.31. The van der Waals surface area contributed by atoms with Crippen LogP contribution in [0.4, 0.5) is 5.69 Å². The molecule has 2 atom stereocenters. The summed E-state index contributed by atoms with van der Waals surface area (Å²) in [5, 5.41) is 20.6. The molecule has 1 N–H and O–H groups in total. The van der Waals surface area contributed by atoms with Gasteiger partial charge in [-0.3, -0.25) is 14.9 Å². The number of likely N-dealkylation sites (tertiary alicyclic amines) is 1. The molecule has 1 aliphatic heterocycles. The highest BCUT2D eigenvalue weighted by atomic mass is 32.2. The number of nitrogens with zero attached hydrogens (tertiary/aromatic N) is 2.